The molecule has 0 saturated heterocycles. The van der Waals surface area contributed by atoms with Gasteiger partial charge in [0.25, 0.3) is 0 Å². The van der Waals surface area contributed by atoms with Gasteiger partial charge in [-0.1, -0.05) is 11.8 Å². The molecule has 0 bridgehead atoms. The summed E-state index contributed by atoms with van der Waals surface area (Å²) in [7, 11) is 0. The summed E-state index contributed by atoms with van der Waals surface area (Å²) in [6, 6.07) is 4.99. The van der Waals surface area contributed by atoms with Gasteiger partial charge >= 0.3 is 12.1 Å². The number of halogens is 3. The molecule has 3 heterocycles. The molecule has 0 spiro atoms. The van der Waals surface area contributed by atoms with Crippen LogP contribution in [0, 0.1) is 0 Å². The van der Waals surface area contributed by atoms with Crippen LogP contribution < -0.4 is 0 Å². The summed E-state index contributed by atoms with van der Waals surface area (Å²) in [5, 5.41) is 17.9. The molecule has 0 aliphatic heterocycles. The van der Waals surface area contributed by atoms with E-state index in [1.54, 1.807) is 22.7 Å². The van der Waals surface area contributed by atoms with E-state index in [2.05, 4.69) is 4.98 Å². The van der Waals surface area contributed by atoms with Crippen LogP contribution in [-0.2, 0) is 0 Å². The summed E-state index contributed by atoms with van der Waals surface area (Å²) in [5.41, 5.74) is 0.818. The van der Waals surface area contributed by atoms with Gasteiger partial charge in [0.1, 0.15) is 0 Å². The van der Waals surface area contributed by atoms with Gasteiger partial charge in [0.15, 0.2) is 4.34 Å². The molecule has 0 radical (unpaired) electrons. The maximum Gasteiger partial charge on any atom is 0.396 e. The first-order valence-electron chi connectivity index (χ1n) is 7.44. The molecule has 3 aromatic rings. The van der Waals surface area contributed by atoms with Gasteiger partial charge in [-0.2, -0.15) is 13.2 Å². The van der Waals surface area contributed by atoms with Crippen LogP contribution in [-0.4, -0.2) is 38.4 Å². The quantitative estimate of drug-likeness (QED) is 0.644. The first kappa shape index (κ1) is 18.7. The summed E-state index contributed by atoms with van der Waals surface area (Å²) in [4.78, 5) is 15.8. The van der Waals surface area contributed by atoms with Crippen LogP contribution in [0.2, 0.25) is 0 Å². The van der Waals surface area contributed by atoms with Crippen LogP contribution in [0.15, 0.2) is 46.0 Å². The van der Waals surface area contributed by atoms with Crippen molar-refractivity contribution in [3.05, 3.63) is 47.2 Å². The van der Waals surface area contributed by atoms with Crippen LogP contribution in [0.25, 0.3) is 5.52 Å². The topological polar surface area (TPSA) is 74.8 Å². The smallest absolute Gasteiger partial charge is 0.396 e. The third-order valence-corrected chi connectivity index (χ3v) is 5.86. The lowest BCUT2D eigenvalue weighted by molar-refractivity contribution is -0.152. The molecule has 0 fully saturated rings. The summed E-state index contributed by atoms with van der Waals surface area (Å²) < 4.78 is 41.3. The summed E-state index contributed by atoms with van der Waals surface area (Å²) in [5.74, 6) is -2.76. The maximum absolute atomic E-state index is 13.1. The van der Waals surface area contributed by atoms with Gasteiger partial charge < -0.3 is 14.6 Å². The van der Waals surface area contributed by atoms with Crippen LogP contribution in [0.5, 0.6) is 0 Å². The Morgan fingerprint density at radius 2 is 2.15 bits per heavy atom. The number of hydrogen-bond acceptors (Lipinski definition) is 5. The lowest BCUT2D eigenvalue weighted by Gasteiger charge is -2.17. The Labute approximate surface area is 154 Å². The zero-order chi connectivity index (χ0) is 18.9. The Morgan fingerprint density at radius 1 is 1.38 bits per heavy atom. The number of aromatic carboxylic acids is 1. The van der Waals surface area contributed by atoms with Crippen molar-refractivity contribution in [3.63, 3.8) is 0 Å². The summed E-state index contributed by atoms with van der Waals surface area (Å²) in [6.07, 6.45) is -0.475. The van der Waals surface area contributed by atoms with E-state index in [1.807, 2.05) is 0 Å². The van der Waals surface area contributed by atoms with Gasteiger partial charge in [0.2, 0.25) is 0 Å². The maximum atomic E-state index is 13.1. The fourth-order valence-electron chi connectivity index (χ4n) is 2.44. The monoisotopic (exact) mass is 402 g/mol. The molecule has 5 nitrogen and oxygen atoms in total. The molecule has 0 amide bonds. The lowest BCUT2D eigenvalue weighted by Crippen LogP contribution is -2.21. The Hall–Kier alpha value is -2.04. The van der Waals surface area contributed by atoms with Gasteiger partial charge in [0.05, 0.1) is 11.5 Å². The largest absolute Gasteiger partial charge is 0.478 e. The SMILES string of the molecule is O=C(O)c1cc2cc(Sc3ncc(C(CCO)C(F)(F)F)s3)ccn2c1. The predicted molar refractivity (Wildman–Crippen MR) is 91.1 cm³/mol. The summed E-state index contributed by atoms with van der Waals surface area (Å²) in [6.45, 7) is -0.554. The highest BCUT2D eigenvalue weighted by Gasteiger charge is 2.41. The van der Waals surface area contributed by atoms with Crippen molar-refractivity contribution in [1.29, 1.82) is 0 Å². The number of carbonyl (C=O) groups is 1. The number of carboxylic acids is 1. The van der Waals surface area contributed by atoms with E-state index < -0.39 is 31.1 Å². The normalized spacial score (nSPS) is 13.2. The van der Waals surface area contributed by atoms with Crippen molar-refractivity contribution in [3.8, 4) is 0 Å². The van der Waals surface area contributed by atoms with Crippen LogP contribution in [0.1, 0.15) is 27.6 Å². The van der Waals surface area contributed by atoms with Crippen molar-refractivity contribution >= 4 is 34.6 Å². The molecule has 0 saturated carbocycles. The van der Waals surface area contributed by atoms with Crippen LogP contribution in [0.4, 0.5) is 13.2 Å². The molecule has 2 N–H and O–H groups in total. The van der Waals surface area contributed by atoms with E-state index in [1.165, 1.54) is 30.2 Å². The van der Waals surface area contributed by atoms with Crippen molar-refractivity contribution in [1.82, 2.24) is 9.38 Å². The molecule has 138 valence electrons. The van der Waals surface area contributed by atoms with Gasteiger partial charge in [-0.3, -0.25) is 0 Å². The van der Waals surface area contributed by atoms with E-state index >= 15 is 0 Å². The minimum atomic E-state index is -4.44. The molecule has 0 aromatic carbocycles. The third-order valence-electron chi connectivity index (χ3n) is 3.68. The first-order valence-corrected chi connectivity index (χ1v) is 9.07. The number of alkyl halides is 3. The van der Waals surface area contributed by atoms with Crippen molar-refractivity contribution < 1.29 is 28.2 Å². The standard InChI is InChI=1S/C16H13F3N2O3S2/c17-16(18,19)12(2-4-22)13-7-20-15(26-13)25-11-1-3-21-8-9(14(23)24)5-10(21)6-11/h1,3,5-8,12,22H,2,4H2,(H,23,24). The second-order valence-electron chi connectivity index (χ2n) is 5.47. The second-order valence-corrected chi connectivity index (χ2v) is 7.85. The van der Waals surface area contributed by atoms with Gasteiger partial charge in [-0.05, 0) is 24.6 Å². The van der Waals surface area contributed by atoms with Crippen LogP contribution >= 0.6 is 23.1 Å². The zero-order valence-electron chi connectivity index (χ0n) is 13.1. The van der Waals surface area contributed by atoms with E-state index in [0.717, 1.165) is 16.2 Å². The van der Waals surface area contributed by atoms with Crippen molar-refractivity contribution in [2.75, 3.05) is 6.61 Å². The van der Waals surface area contributed by atoms with E-state index in [4.69, 9.17) is 10.2 Å². The second kappa shape index (κ2) is 7.29. The number of thiazole rings is 1. The zero-order valence-corrected chi connectivity index (χ0v) is 14.7. The number of aromatic nitrogens is 2. The van der Waals surface area contributed by atoms with E-state index in [9.17, 15) is 18.0 Å². The number of rotatable bonds is 6. The molecule has 26 heavy (non-hydrogen) atoms. The fourth-order valence-corrected chi connectivity index (χ4v) is 4.61. The van der Waals surface area contributed by atoms with Gasteiger partial charge in [-0.25, -0.2) is 9.78 Å². The first-order chi connectivity index (χ1) is 12.3. The number of carboxylic acid groups (broad SMARTS) is 1. The lowest BCUT2D eigenvalue weighted by atomic mass is 10.0. The Morgan fingerprint density at radius 3 is 2.81 bits per heavy atom. The minimum absolute atomic E-state index is 0.0611. The Balaban J connectivity index is 1.82. The predicted octanol–water partition coefficient (Wildman–Crippen LogP) is 4.27. The van der Waals surface area contributed by atoms with E-state index in [0.29, 0.717) is 9.86 Å². The highest BCUT2D eigenvalue weighted by Crippen LogP contribution is 2.42. The number of pyridine rings is 1. The molecule has 0 aliphatic carbocycles. The fraction of sp³-hybridized carbons (Fsp3) is 0.250. The van der Waals surface area contributed by atoms with Crippen molar-refractivity contribution in [2.24, 2.45) is 0 Å². The Kier molecular flexibility index (Phi) is 5.26. The number of hydrogen-bond donors (Lipinski definition) is 2. The van der Waals surface area contributed by atoms with Gasteiger partial charge in [0, 0.05) is 40.5 Å². The molecule has 1 unspecified atom stereocenters. The molecular weight excluding hydrogens is 389 g/mol. The average Bonchev–Trinajstić information content (AvgIpc) is 3.18. The number of aliphatic hydroxyl groups excluding tert-OH is 1. The number of fused-ring (bicyclic) bond motifs is 1. The Bertz CT molecular complexity index is 936. The molecule has 10 heteroatoms. The molecule has 1 atom stereocenters. The summed E-state index contributed by atoms with van der Waals surface area (Å²) >= 11 is 2.14. The van der Waals surface area contributed by atoms with E-state index in [-0.39, 0.29) is 10.4 Å². The number of nitrogens with zero attached hydrogens (tertiary/aromatic N) is 2. The minimum Gasteiger partial charge on any atom is -0.478 e. The van der Waals surface area contributed by atoms with Crippen molar-refractivity contribution in [2.45, 2.75) is 27.8 Å². The third kappa shape index (κ3) is 4.02. The highest BCUT2D eigenvalue weighted by atomic mass is 32.2. The van der Waals surface area contributed by atoms with Crippen LogP contribution in [0.3, 0.4) is 0 Å². The number of aliphatic hydroxyl groups is 1. The highest BCUT2D eigenvalue weighted by molar-refractivity contribution is 8.01. The average molecular weight is 402 g/mol. The molecule has 0 aliphatic rings. The molecule has 3 rings (SSSR count). The van der Waals surface area contributed by atoms with Gasteiger partial charge in [-0.15, -0.1) is 11.3 Å². The molecular formula is C16H13F3N2O3S2. The molecule has 3 aromatic heterocycles.